The fourth-order valence-corrected chi connectivity index (χ4v) is 5.33. The highest BCUT2D eigenvalue weighted by molar-refractivity contribution is 7.89. The highest BCUT2D eigenvalue weighted by Gasteiger charge is 2.31. The summed E-state index contributed by atoms with van der Waals surface area (Å²) in [5, 5.41) is 2.89. The predicted octanol–water partition coefficient (Wildman–Crippen LogP) is 2.35. The maximum atomic E-state index is 12.3. The van der Waals surface area contributed by atoms with Crippen LogP contribution in [0.2, 0.25) is 0 Å². The molecule has 1 heterocycles. The van der Waals surface area contributed by atoms with E-state index in [1.165, 1.54) is 28.3 Å². The Morgan fingerprint density at radius 3 is 2.50 bits per heavy atom. The van der Waals surface area contributed by atoms with E-state index in [1.54, 1.807) is 6.92 Å². The largest absolute Gasteiger partial charge is 0.455 e. The van der Waals surface area contributed by atoms with Gasteiger partial charge in [-0.25, -0.2) is 12.7 Å². The zero-order chi connectivity index (χ0) is 21.7. The van der Waals surface area contributed by atoms with Gasteiger partial charge in [-0.15, -0.1) is 0 Å². The number of carbonyl (C=O) groups excluding carboxylic acids is 2. The highest BCUT2D eigenvalue weighted by atomic mass is 32.2. The van der Waals surface area contributed by atoms with E-state index in [1.807, 2.05) is 6.92 Å². The molecule has 1 aliphatic carbocycles. The Balaban J connectivity index is 1.44. The van der Waals surface area contributed by atoms with Gasteiger partial charge in [0.25, 0.3) is 5.91 Å². The second-order valence-electron chi connectivity index (χ2n) is 8.21. The van der Waals surface area contributed by atoms with E-state index in [-0.39, 0.29) is 30.2 Å². The van der Waals surface area contributed by atoms with Crippen LogP contribution >= 0.6 is 0 Å². The van der Waals surface area contributed by atoms with E-state index < -0.39 is 16.0 Å². The fraction of sp³-hybridized carbons (Fsp3) is 0.636. The number of amides is 1. The van der Waals surface area contributed by atoms with Gasteiger partial charge in [-0.3, -0.25) is 9.59 Å². The van der Waals surface area contributed by atoms with Gasteiger partial charge in [0.2, 0.25) is 10.0 Å². The molecule has 3 rings (SSSR count). The molecule has 1 fully saturated rings. The lowest BCUT2D eigenvalue weighted by molar-refractivity contribution is -0.153. The number of nitrogens with zero attached hydrogens (tertiary/aromatic N) is 1. The predicted molar refractivity (Wildman–Crippen MR) is 114 cm³/mol. The quantitative estimate of drug-likeness (QED) is 0.663. The van der Waals surface area contributed by atoms with Crippen molar-refractivity contribution in [1.29, 1.82) is 0 Å². The molecule has 1 aliphatic heterocycles. The first-order valence-corrected chi connectivity index (χ1v) is 12.5. The number of esters is 1. The van der Waals surface area contributed by atoms with E-state index in [0.717, 1.165) is 18.4 Å². The molecule has 0 aromatic heterocycles. The molecule has 1 N–H and O–H groups in total. The van der Waals surface area contributed by atoms with Crippen molar-refractivity contribution in [1.82, 2.24) is 9.62 Å². The smallest absolute Gasteiger partial charge is 0.309 e. The third-order valence-corrected chi connectivity index (χ3v) is 8.02. The topological polar surface area (TPSA) is 92.8 Å². The van der Waals surface area contributed by atoms with Crippen LogP contribution in [0, 0.1) is 5.92 Å². The summed E-state index contributed by atoms with van der Waals surface area (Å²) < 4.78 is 30.4. The van der Waals surface area contributed by atoms with E-state index in [4.69, 9.17) is 4.74 Å². The molecule has 30 heavy (non-hydrogen) atoms. The van der Waals surface area contributed by atoms with Gasteiger partial charge in [0.1, 0.15) is 0 Å². The lowest BCUT2D eigenvalue weighted by atomic mass is 9.89. The van der Waals surface area contributed by atoms with Crippen LogP contribution in [-0.2, 0) is 37.2 Å². The van der Waals surface area contributed by atoms with Crippen LogP contribution < -0.4 is 5.32 Å². The van der Waals surface area contributed by atoms with Crippen LogP contribution in [0.25, 0.3) is 0 Å². The van der Waals surface area contributed by atoms with Crippen LogP contribution in [0.1, 0.15) is 62.3 Å². The van der Waals surface area contributed by atoms with Crippen molar-refractivity contribution in [2.45, 2.75) is 58.4 Å². The molecule has 1 aromatic rings. The molecule has 1 atom stereocenters. The number of carbonyl (C=O) groups is 2. The molecule has 0 bridgehead atoms. The van der Waals surface area contributed by atoms with E-state index in [2.05, 4.69) is 23.5 Å². The molecule has 2 aliphatic rings. The minimum absolute atomic E-state index is 0.0602. The zero-order valence-corrected chi connectivity index (χ0v) is 18.7. The Hall–Kier alpha value is -1.93. The lowest BCUT2D eigenvalue weighted by Crippen LogP contribution is -2.41. The molecule has 8 heteroatoms. The van der Waals surface area contributed by atoms with Crippen molar-refractivity contribution in [2.75, 3.05) is 25.4 Å². The summed E-state index contributed by atoms with van der Waals surface area (Å²) in [6.07, 6.45) is 5.49. The van der Waals surface area contributed by atoms with E-state index >= 15 is 0 Å². The maximum absolute atomic E-state index is 12.3. The summed E-state index contributed by atoms with van der Waals surface area (Å²) in [7, 11) is -3.22. The number of aryl methyl sites for hydroxylation is 2. The van der Waals surface area contributed by atoms with Gasteiger partial charge >= 0.3 is 5.97 Å². The monoisotopic (exact) mass is 436 g/mol. The third-order valence-electron chi connectivity index (χ3n) is 6.14. The number of nitrogens with one attached hydrogen (secondary N) is 1. The van der Waals surface area contributed by atoms with Crippen LogP contribution in [-0.4, -0.2) is 50.0 Å². The zero-order valence-electron chi connectivity index (χ0n) is 17.9. The molecular weight excluding hydrogens is 404 g/mol. The highest BCUT2D eigenvalue weighted by Crippen LogP contribution is 2.25. The van der Waals surface area contributed by atoms with E-state index in [9.17, 15) is 18.0 Å². The molecule has 1 aromatic carbocycles. The van der Waals surface area contributed by atoms with Crippen molar-refractivity contribution < 1.29 is 22.7 Å². The summed E-state index contributed by atoms with van der Waals surface area (Å²) in [6.45, 7) is 3.85. The lowest BCUT2D eigenvalue weighted by Gasteiger charge is -2.29. The van der Waals surface area contributed by atoms with Crippen molar-refractivity contribution in [3.8, 4) is 0 Å². The van der Waals surface area contributed by atoms with Gasteiger partial charge in [-0.05, 0) is 69.1 Å². The molecule has 0 saturated carbocycles. The van der Waals surface area contributed by atoms with Crippen LogP contribution in [0.5, 0.6) is 0 Å². The summed E-state index contributed by atoms with van der Waals surface area (Å²) >= 11 is 0. The number of hydrogen-bond acceptors (Lipinski definition) is 5. The number of fused-ring (bicyclic) bond motifs is 1. The molecule has 1 saturated heterocycles. The molecule has 7 nitrogen and oxygen atoms in total. The minimum Gasteiger partial charge on any atom is -0.455 e. The summed E-state index contributed by atoms with van der Waals surface area (Å²) in [4.78, 5) is 24.5. The summed E-state index contributed by atoms with van der Waals surface area (Å²) in [5.74, 6) is -1.07. The summed E-state index contributed by atoms with van der Waals surface area (Å²) in [6, 6.07) is 6.21. The fourth-order valence-electron chi connectivity index (χ4n) is 4.20. The van der Waals surface area contributed by atoms with Crippen molar-refractivity contribution in [2.24, 2.45) is 5.92 Å². The first-order valence-electron chi connectivity index (χ1n) is 10.9. The van der Waals surface area contributed by atoms with Gasteiger partial charge < -0.3 is 10.1 Å². The van der Waals surface area contributed by atoms with E-state index in [0.29, 0.717) is 25.9 Å². The Bertz CT molecular complexity index is 876. The maximum Gasteiger partial charge on any atom is 0.309 e. The Kier molecular flexibility index (Phi) is 7.52. The minimum atomic E-state index is -3.22. The van der Waals surface area contributed by atoms with Crippen molar-refractivity contribution in [3.63, 3.8) is 0 Å². The number of rotatable bonds is 7. The van der Waals surface area contributed by atoms with Crippen molar-refractivity contribution in [3.05, 3.63) is 34.9 Å². The summed E-state index contributed by atoms with van der Waals surface area (Å²) in [5.41, 5.74) is 3.82. The molecule has 1 unspecified atom stereocenters. The standard InChI is InChI=1S/C22H32N2O5S/c1-3-30(27,28)24-12-10-18(11-13-24)22(26)29-15-21(25)23-16(2)19-9-8-17-6-4-5-7-20(17)14-19/h8-9,14,16,18H,3-7,10-13,15H2,1-2H3,(H,23,25). The van der Waals surface area contributed by atoms with Gasteiger partial charge in [-0.2, -0.15) is 0 Å². The van der Waals surface area contributed by atoms with Gasteiger partial charge in [-0.1, -0.05) is 18.2 Å². The van der Waals surface area contributed by atoms with Gasteiger partial charge in [0.05, 0.1) is 17.7 Å². The third kappa shape index (κ3) is 5.60. The van der Waals surface area contributed by atoms with Crippen LogP contribution in [0.15, 0.2) is 18.2 Å². The SMILES string of the molecule is CCS(=O)(=O)N1CCC(C(=O)OCC(=O)NC(C)c2ccc3c(c2)CCCC3)CC1. The number of piperidine rings is 1. The normalized spacial score (nSPS) is 19.0. The Labute approximate surface area is 179 Å². The van der Waals surface area contributed by atoms with Gasteiger partial charge in [0, 0.05) is 13.1 Å². The van der Waals surface area contributed by atoms with Gasteiger partial charge in [0.15, 0.2) is 6.61 Å². The van der Waals surface area contributed by atoms with Crippen LogP contribution in [0.4, 0.5) is 0 Å². The molecule has 166 valence electrons. The molecular formula is C22H32N2O5S. The average Bonchev–Trinajstić information content (AvgIpc) is 2.77. The number of benzene rings is 1. The number of ether oxygens (including phenoxy) is 1. The average molecular weight is 437 g/mol. The number of sulfonamides is 1. The molecule has 0 radical (unpaired) electrons. The first-order chi connectivity index (χ1) is 14.3. The Morgan fingerprint density at radius 1 is 1.17 bits per heavy atom. The first kappa shape index (κ1) is 22.7. The Morgan fingerprint density at radius 2 is 1.83 bits per heavy atom. The molecule has 1 amide bonds. The second-order valence-corrected chi connectivity index (χ2v) is 10.5. The molecule has 0 spiro atoms. The second kappa shape index (κ2) is 9.92. The van der Waals surface area contributed by atoms with Crippen molar-refractivity contribution >= 4 is 21.9 Å². The van der Waals surface area contributed by atoms with Crippen LogP contribution in [0.3, 0.4) is 0 Å². The number of hydrogen-bond donors (Lipinski definition) is 1.